The Bertz CT molecular complexity index is 676. The molecule has 6 heteroatoms. The smallest absolute Gasteiger partial charge is 0.231 e. The quantitative estimate of drug-likeness (QED) is 0.839. The highest BCUT2D eigenvalue weighted by molar-refractivity contribution is 5.60. The highest BCUT2D eigenvalue weighted by Gasteiger charge is 2.29. The summed E-state index contributed by atoms with van der Waals surface area (Å²) in [5.41, 5.74) is 0.723. The van der Waals surface area contributed by atoms with Crippen molar-refractivity contribution in [3.05, 3.63) is 41.3 Å². The fraction of sp³-hybridized carbons (Fsp3) is 0.357. The molecule has 20 heavy (non-hydrogen) atoms. The van der Waals surface area contributed by atoms with Gasteiger partial charge in [0, 0.05) is 13.1 Å². The normalized spacial score (nSPS) is 18.2. The molecule has 2 heterocycles. The molecule has 0 amide bonds. The van der Waals surface area contributed by atoms with Crippen molar-refractivity contribution in [2.24, 2.45) is 0 Å². The molecule has 3 rings (SSSR count). The van der Waals surface area contributed by atoms with E-state index in [0.717, 1.165) is 13.0 Å². The molecule has 1 aliphatic rings. The van der Waals surface area contributed by atoms with Crippen LogP contribution in [0.1, 0.15) is 29.6 Å². The van der Waals surface area contributed by atoms with Gasteiger partial charge in [-0.3, -0.25) is 0 Å². The number of hydrogen-bond donors (Lipinski definition) is 0. The van der Waals surface area contributed by atoms with Crippen molar-refractivity contribution in [1.29, 1.82) is 5.26 Å². The van der Waals surface area contributed by atoms with Gasteiger partial charge in [-0.05, 0) is 25.5 Å². The largest absolute Gasteiger partial charge is 0.370 e. The number of anilines is 1. The summed E-state index contributed by atoms with van der Waals surface area (Å²) >= 11 is 0. The van der Waals surface area contributed by atoms with Crippen LogP contribution in [0.2, 0.25) is 0 Å². The number of halogens is 1. The maximum Gasteiger partial charge on any atom is 0.231 e. The molecule has 1 aromatic carbocycles. The van der Waals surface area contributed by atoms with Crippen LogP contribution in [0, 0.1) is 24.1 Å². The summed E-state index contributed by atoms with van der Waals surface area (Å²) in [7, 11) is 0. The third-order valence-corrected chi connectivity index (χ3v) is 3.52. The zero-order valence-electron chi connectivity index (χ0n) is 11.0. The van der Waals surface area contributed by atoms with Gasteiger partial charge in [-0.15, -0.1) is 0 Å². The Labute approximate surface area is 115 Å². The van der Waals surface area contributed by atoms with E-state index in [0.29, 0.717) is 23.9 Å². The molecule has 0 bridgehead atoms. The molecule has 1 fully saturated rings. The Balaban J connectivity index is 1.84. The van der Waals surface area contributed by atoms with E-state index in [1.54, 1.807) is 19.1 Å². The number of benzene rings is 1. The minimum Gasteiger partial charge on any atom is -0.370 e. The molecular formula is C14H13FN4O. The van der Waals surface area contributed by atoms with Crippen LogP contribution in [0.4, 0.5) is 10.1 Å². The van der Waals surface area contributed by atoms with Crippen molar-refractivity contribution < 1.29 is 8.91 Å². The Hall–Kier alpha value is -2.42. The van der Waals surface area contributed by atoms with Gasteiger partial charge < -0.3 is 9.42 Å². The number of hydrogen-bond acceptors (Lipinski definition) is 5. The first-order valence-corrected chi connectivity index (χ1v) is 6.43. The van der Waals surface area contributed by atoms with Gasteiger partial charge in [-0.1, -0.05) is 11.2 Å². The average Bonchev–Trinajstić information content (AvgIpc) is 3.07. The van der Waals surface area contributed by atoms with Crippen LogP contribution in [0.25, 0.3) is 0 Å². The van der Waals surface area contributed by atoms with E-state index in [-0.39, 0.29) is 11.5 Å². The monoisotopic (exact) mass is 272 g/mol. The van der Waals surface area contributed by atoms with Gasteiger partial charge >= 0.3 is 0 Å². The molecule has 102 valence electrons. The minimum absolute atomic E-state index is 0.0925. The van der Waals surface area contributed by atoms with Gasteiger partial charge in [0.1, 0.15) is 17.4 Å². The summed E-state index contributed by atoms with van der Waals surface area (Å²) in [6.45, 7) is 3.17. The Morgan fingerprint density at radius 3 is 3.05 bits per heavy atom. The van der Waals surface area contributed by atoms with Gasteiger partial charge in [0.25, 0.3) is 0 Å². The highest BCUT2D eigenvalue weighted by atomic mass is 19.1. The molecule has 1 aliphatic heterocycles. The minimum atomic E-state index is -0.484. The second-order valence-electron chi connectivity index (χ2n) is 4.86. The maximum atomic E-state index is 13.6. The van der Waals surface area contributed by atoms with E-state index in [1.165, 1.54) is 6.07 Å². The Morgan fingerprint density at radius 2 is 2.35 bits per heavy atom. The summed E-state index contributed by atoms with van der Waals surface area (Å²) in [6.07, 6.45) is 0.850. The van der Waals surface area contributed by atoms with Crippen molar-refractivity contribution in [2.45, 2.75) is 19.3 Å². The number of aromatic nitrogens is 2. The van der Waals surface area contributed by atoms with E-state index in [2.05, 4.69) is 10.1 Å². The molecule has 0 unspecified atom stereocenters. The maximum absolute atomic E-state index is 13.6. The number of nitriles is 1. The van der Waals surface area contributed by atoms with Crippen LogP contribution < -0.4 is 4.90 Å². The average molecular weight is 272 g/mol. The predicted molar refractivity (Wildman–Crippen MR) is 69.7 cm³/mol. The Kier molecular flexibility index (Phi) is 3.11. The molecule has 1 saturated heterocycles. The van der Waals surface area contributed by atoms with E-state index in [1.807, 2.05) is 11.0 Å². The van der Waals surface area contributed by atoms with Crippen LogP contribution in [-0.2, 0) is 0 Å². The molecule has 1 aromatic heterocycles. The molecule has 0 saturated carbocycles. The van der Waals surface area contributed by atoms with E-state index < -0.39 is 5.82 Å². The second kappa shape index (κ2) is 4.93. The predicted octanol–water partition coefficient (Wildman–Crippen LogP) is 2.38. The molecule has 2 aromatic rings. The van der Waals surface area contributed by atoms with Gasteiger partial charge in [-0.2, -0.15) is 10.2 Å². The van der Waals surface area contributed by atoms with Crippen LogP contribution >= 0.6 is 0 Å². The van der Waals surface area contributed by atoms with E-state index >= 15 is 0 Å². The third-order valence-electron chi connectivity index (χ3n) is 3.52. The summed E-state index contributed by atoms with van der Waals surface area (Å²) in [5.74, 6) is 0.870. The fourth-order valence-corrected chi connectivity index (χ4v) is 2.55. The van der Waals surface area contributed by atoms with Crippen LogP contribution in [-0.4, -0.2) is 23.2 Å². The lowest BCUT2D eigenvalue weighted by Gasteiger charge is -2.19. The number of rotatable bonds is 2. The van der Waals surface area contributed by atoms with Crippen molar-refractivity contribution in [3.63, 3.8) is 0 Å². The lowest BCUT2D eigenvalue weighted by molar-refractivity contribution is 0.356. The number of aryl methyl sites for hydroxylation is 1. The first-order chi connectivity index (χ1) is 9.69. The zero-order chi connectivity index (χ0) is 14.1. The van der Waals surface area contributed by atoms with Crippen molar-refractivity contribution in [3.8, 4) is 6.07 Å². The van der Waals surface area contributed by atoms with Crippen LogP contribution in [0.3, 0.4) is 0 Å². The van der Waals surface area contributed by atoms with Crippen LogP contribution in [0.15, 0.2) is 22.7 Å². The van der Waals surface area contributed by atoms with Crippen molar-refractivity contribution >= 4 is 5.69 Å². The van der Waals surface area contributed by atoms with E-state index in [9.17, 15) is 4.39 Å². The molecule has 0 radical (unpaired) electrons. The van der Waals surface area contributed by atoms with E-state index in [4.69, 9.17) is 9.78 Å². The Morgan fingerprint density at radius 1 is 1.50 bits per heavy atom. The molecule has 0 aliphatic carbocycles. The SMILES string of the molecule is Cc1noc([C@H]2CCN(c3cccc(F)c3C#N)C2)n1. The number of nitrogens with zero attached hydrogens (tertiary/aromatic N) is 4. The summed E-state index contributed by atoms with van der Waals surface area (Å²) in [5, 5.41) is 12.9. The third kappa shape index (κ3) is 2.11. The summed E-state index contributed by atoms with van der Waals surface area (Å²) in [4.78, 5) is 6.23. The van der Waals surface area contributed by atoms with Gasteiger partial charge in [-0.25, -0.2) is 4.39 Å². The molecule has 5 nitrogen and oxygen atoms in total. The van der Waals surface area contributed by atoms with Gasteiger partial charge in [0.2, 0.25) is 5.89 Å². The summed E-state index contributed by atoms with van der Waals surface area (Å²) < 4.78 is 18.8. The second-order valence-corrected chi connectivity index (χ2v) is 4.86. The first kappa shape index (κ1) is 12.6. The van der Waals surface area contributed by atoms with Gasteiger partial charge in [0.05, 0.1) is 11.6 Å². The lowest BCUT2D eigenvalue weighted by Crippen LogP contribution is -2.20. The van der Waals surface area contributed by atoms with Gasteiger partial charge in [0.15, 0.2) is 5.82 Å². The molecule has 0 spiro atoms. The lowest BCUT2D eigenvalue weighted by atomic mass is 10.1. The summed E-state index contributed by atoms with van der Waals surface area (Å²) in [6, 6.07) is 6.62. The van der Waals surface area contributed by atoms with Crippen molar-refractivity contribution in [2.75, 3.05) is 18.0 Å². The first-order valence-electron chi connectivity index (χ1n) is 6.43. The zero-order valence-corrected chi connectivity index (χ0v) is 11.0. The van der Waals surface area contributed by atoms with Crippen LogP contribution in [0.5, 0.6) is 0 Å². The molecular weight excluding hydrogens is 259 g/mol. The molecule has 0 N–H and O–H groups in total. The fourth-order valence-electron chi connectivity index (χ4n) is 2.55. The topological polar surface area (TPSA) is 66.0 Å². The standard InChI is InChI=1S/C14H13FN4O/c1-9-17-14(20-18-9)10-5-6-19(8-10)13-4-2-3-12(15)11(13)7-16/h2-4,10H,5-6,8H2,1H3/t10-/m0/s1. The van der Waals surface area contributed by atoms with Crippen molar-refractivity contribution in [1.82, 2.24) is 10.1 Å². The molecule has 1 atom stereocenters. The highest BCUT2D eigenvalue weighted by Crippen LogP contribution is 2.32.